The zero-order valence-electron chi connectivity index (χ0n) is 10.1. The summed E-state index contributed by atoms with van der Waals surface area (Å²) in [5, 5.41) is 2.53. The molecular weight excluding hydrogens is 277 g/mol. The molecule has 1 N–H and O–H groups in total. The maximum atomic E-state index is 13.4. The molecule has 0 atom stereocenters. The van der Waals surface area contributed by atoms with Crippen LogP contribution in [0.15, 0.2) is 42.5 Å². The molecule has 0 spiro atoms. The van der Waals surface area contributed by atoms with Crippen LogP contribution in [0.2, 0.25) is 0 Å². The van der Waals surface area contributed by atoms with Gasteiger partial charge in [0.05, 0.1) is 11.3 Å². The van der Waals surface area contributed by atoms with Crippen LogP contribution >= 0.6 is 0 Å². The minimum Gasteiger partial charge on any atom is -0.379 e. The first kappa shape index (κ1) is 14.3. The fraction of sp³-hybridized carbons (Fsp3) is 0.143. The molecule has 0 radical (unpaired) electrons. The van der Waals surface area contributed by atoms with E-state index in [4.69, 9.17) is 0 Å². The molecule has 0 unspecified atom stereocenters. The van der Waals surface area contributed by atoms with Crippen LogP contribution in [0.3, 0.4) is 0 Å². The summed E-state index contributed by atoms with van der Waals surface area (Å²) in [6.07, 6.45) is -4.54. The van der Waals surface area contributed by atoms with Crippen LogP contribution in [-0.4, -0.2) is 0 Å². The second kappa shape index (κ2) is 5.48. The molecule has 0 bridgehead atoms. The average Bonchev–Trinajstić information content (AvgIpc) is 2.36. The van der Waals surface area contributed by atoms with Gasteiger partial charge in [-0.2, -0.15) is 13.2 Å². The lowest BCUT2D eigenvalue weighted by atomic mass is 10.1. The third-order valence-electron chi connectivity index (χ3n) is 2.67. The van der Waals surface area contributed by atoms with E-state index in [0.717, 1.165) is 6.07 Å². The number of anilines is 1. The monoisotopic (exact) mass is 287 g/mol. The highest BCUT2D eigenvalue weighted by molar-refractivity contribution is 5.48. The zero-order valence-corrected chi connectivity index (χ0v) is 10.1. The molecule has 0 amide bonds. The molecule has 0 saturated carbocycles. The van der Waals surface area contributed by atoms with Crippen LogP contribution in [0.4, 0.5) is 27.6 Å². The van der Waals surface area contributed by atoms with Crippen molar-refractivity contribution in [2.24, 2.45) is 0 Å². The van der Waals surface area contributed by atoms with Crippen molar-refractivity contribution in [3.8, 4) is 0 Å². The Morgan fingerprint density at radius 2 is 1.70 bits per heavy atom. The summed E-state index contributed by atoms with van der Waals surface area (Å²) < 4.78 is 63.9. The number of rotatable bonds is 3. The van der Waals surface area contributed by atoms with E-state index in [1.807, 2.05) is 0 Å². The summed E-state index contributed by atoms with van der Waals surface area (Å²) in [7, 11) is 0. The van der Waals surface area contributed by atoms with Gasteiger partial charge < -0.3 is 5.32 Å². The largest absolute Gasteiger partial charge is 0.416 e. The van der Waals surface area contributed by atoms with Crippen molar-refractivity contribution in [2.75, 3.05) is 5.32 Å². The van der Waals surface area contributed by atoms with E-state index in [0.29, 0.717) is 17.7 Å². The molecule has 2 aromatic carbocycles. The van der Waals surface area contributed by atoms with Crippen LogP contribution in [0, 0.1) is 11.6 Å². The Morgan fingerprint density at radius 3 is 2.35 bits per heavy atom. The van der Waals surface area contributed by atoms with Gasteiger partial charge >= 0.3 is 6.18 Å². The van der Waals surface area contributed by atoms with Gasteiger partial charge in [-0.3, -0.25) is 0 Å². The van der Waals surface area contributed by atoms with Crippen LogP contribution < -0.4 is 5.32 Å². The van der Waals surface area contributed by atoms with Gasteiger partial charge in [-0.15, -0.1) is 0 Å². The van der Waals surface area contributed by atoms with Crippen molar-refractivity contribution in [3.63, 3.8) is 0 Å². The predicted octanol–water partition coefficient (Wildman–Crippen LogP) is 4.60. The highest BCUT2D eigenvalue weighted by Crippen LogP contribution is 2.31. The topological polar surface area (TPSA) is 12.0 Å². The predicted molar refractivity (Wildman–Crippen MR) is 65.1 cm³/mol. The first-order chi connectivity index (χ1) is 9.36. The summed E-state index contributed by atoms with van der Waals surface area (Å²) in [5.74, 6) is -1.26. The number of benzene rings is 2. The van der Waals surface area contributed by atoms with Crippen LogP contribution in [-0.2, 0) is 12.7 Å². The molecule has 20 heavy (non-hydrogen) atoms. The van der Waals surface area contributed by atoms with Crippen LogP contribution in [0.5, 0.6) is 0 Å². The van der Waals surface area contributed by atoms with Gasteiger partial charge in [-0.05, 0) is 35.9 Å². The SMILES string of the molecule is Fc1cccc(CNc2cc(C(F)(F)F)ccc2F)c1. The Hall–Kier alpha value is -2.11. The van der Waals surface area contributed by atoms with Crippen molar-refractivity contribution in [1.29, 1.82) is 0 Å². The minimum absolute atomic E-state index is 0.0238. The number of halogens is 5. The fourth-order valence-corrected chi connectivity index (χ4v) is 1.68. The average molecular weight is 287 g/mol. The van der Waals surface area contributed by atoms with Crippen molar-refractivity contribution in [3.05, 3.63) is 65.2 Å². The number of alkyl halides is 3. The summed E-state index contributed by atoms with van der Waals surface area (Å²) in [5.41, 5.74) is -0.716. The van der Waals surface area contributed by atoms with Crippen molar-refractivity contribution < 1.29 is 22.0 Å². The van der Waals surface area contributed by atoms with E-state index in [2.05, 4.69) is 5.32 Å². The summed E-state index contributed by atoms with van der Waals surface area (Å²) in [6, 6.07) is 7.62. The number of nitrogens with one attached hydrogen (secondary N) is 1. The molecule has 0 saturated heterocycles. The molecule has 0 fully saturated rings. The normalized spacial score (nSPS) is 11.4. The summed E-state index contributed by atoms with van der Waals surface area (Å²) in [6.45, 7) is 0.0238. The van der Waals surface area contributed by atoms with E-state index in [-0.39, 0.29) is 12.2 Å². The molecule has 0 heterocycles. The standard InChI is InChI=1S/C14H10F5N/c15-11-3-1-2-9(6-11)8-20-13-7-10(14(17,18)19)4-5-12(13)16/h1-7,20H,8H2. The lowest BCUT2D eigenvalue weighted by molar-refractivity contribution is -0.137. The van der Waals surface area contributed by atoms with Crippen LogP contribution in [0.1, 0.15) is 11.1 Å². The Morgan fingerprint density at radius 1 is 0.950 bits per heavy atom. The maximum Gasteiger partial charge on any atom is 0.416 e. The molecule has 6 heteroatoms. The van der Waals surface area contributed by atoms with Crippen molar-refractivity contribution in [1.82, 2.24) is 0 Å². The number of hydrogen-bond donors (Lipinski definition) is 1. The molecule has 2 rings (SSSR count). The first-order valence-corrected chi connectivity index (χ1v) is 5.71. The van der Waals surface area contributed by atoms with Gasteiger partial charge in [-0.25, -0.2) is 8.78 Å². The van der Waals surface area contributed by atoms with Gasteiger partial charge in [0, 0.05) is 6.54 Å². The van der Waals surface area contributed by atoms with Gasteiger partial charge in [0.15, 0.2) is 0 Å². The van der Waals surface area contributed by atoms with E-state index in [1.54, 1.807) is 6.07 Å². The zero-order chi connectivity index (χ0) is 14.8. The molecule has 0 aliphatic carbocycles. The smallest absolute Gasteiger partial charge is 0.379 e. The maximum absolute atomic E-state index is 13.4. The molecule has 1 nitrogen and oxygen atoms in total. The van der Waals surface area contributed by atoms with Crippen molar-refractivity contribution >= 4 is 5.69 Å². The highest BCUT2D eigenvalue weighted by atomic mass is 19.4. The fourth-order valence-electron chi connectivity index (χ4n) is 1.68. The second-order valence-corrected chi connectivity index (χ2v) is 4.18. The van der Waals surface area contributed by atoms with E-state index in [1.165, 1.54) is 18.2 Å². The minimum atomic E-state index is -4.54. The van der Waals surface area contributed by atoms with Gasteiger partial charge in [-0.1, -0.05) is 12.1 Å². The van der Waals surface area contributed by atoms with Crippen LogP contribution in [0.25, 0.3) is 0 Å². The molecule has 0 aromatic heterocycles. The second-order valence-electron chi connectivity index (χ2n) is 4.18. The first-order valence-electron chi connectivity index (χ1n) is 5.71. The molecular formula is C14H10F5N. The van der Waals surface area contributed by atoms with Gasteiger partial charge in [0.1, 0.15) is 11.6 Å². The highest BCUT2D eigenvalue weighted by Gasteiger charge is 2.31. The Kier molecular flexibility index (Phi) is 3.92. The van der Waals surface area contributed by atoms with E-state index in [9.17, 15) is 22.0 Å². The van der Waals surface area contributed by atoms with Crippen molar-refractivity contribution in [2.45, 2.75) is 12.7 Å². The molecule has 0 aliphatic rings. The lowest BCUT2D eigenvalue weighted by Crippen LogP contribution is -2.08. The summed E-state index contributed by atoms with van der Waals surface area (Å²) in [4.78, 5) is 0. The Bertz CT molecular complexity index is 607. The van der Waals surface area contributed by atoms with E-state index >= 15 is 0 Å². The van der Waals surface area contributed by atoms with Gasteiger partial charge in [0.2, 0.25) is 0 Å². The van der Waals surface area contributed by atoms with Gasteiger partial charge in [0.25, 0.3) is 0 Å². The molecule has 2 aromatic rings. The third kappa shape index (κ3) is 3.46. The number of hydrogen-bond acceptors (Lipinski definition) is 1. The Balaban J connectivity index is 2.17. The quantitative estimate of drug-likeness (QED) is 0.814. The summed E-state index contributed by atoms with van der Waals surface area (Å²) >= 11 is 0. The molecule has 0 aliphatic heterocycles. The van der Waals surface area contributed by atoms with E-state index < -0.39 is 23.4 Å². The third-order valence-corrected chi connectivity index (χ3v) is 2.67. The lowest BCUT2D eigenvalue weighted by Gasteiger charge is -2.11. The molecule has 106 valence electrons. The Labute approximate surface area is 112 Å².